The number of aryl methyl sites for hydroxylation is 1. The molecule has 0 radical (unpaired) electrons. The second-order valence-electron chi connectivity index (χ2n) is 4.57. The minimum absolute atomic E-state index is 0.138. The van der Waals surface area contributed by atoms with E-state index in [0.717, 1.165) is 5.56 Å². The van der Waals surface area contributed by atoms with Crippen LogP contribution in [0.15, 0.2) is 38.3 Å². The largest absolute Gasteiger partial charge is 0.417 e. The summed E-state index contributed by atoms with van der Waals surface area (Å²) in [7, 11) is 0. The van der Waals surface area contributed by atoms with Gasteiger partial charge in [0.1, 0.15) is 5.69 Å². The van der Waals surface area contributed by atoms with Crippen LogP contribution >= 0.6 is 11.6 Å². The summed E-state index contributed by atoms with van der Waals surface area (Å²) in [5.41, 5.74) is 1.28. The molecule has 2 heterocycles. The highest BCUT2D eigenvalue weighted by atomic mass is 35.5. The van der Waals surface area contributed by atoms with Crippen LogP contribution < -0.4 is 11.3 Å². The van der Waals surface area contributed by atoms with Gasteiger partial charge in [-0.05, 0) is 18.1 Å². The Hall–Kier alpha value is -2.34. The van der Waals surface area contributed by atoms with Crippen molar-refractivity contribution in [2.24, 2.45) is 0 Å². The maximum absolute atomic E-state index is 12.4. The third-order valence-corrected chi connectivity index (χ3v) is 3.58. The van der Waals surface area contributed by atoms with Gasteiger partial charge in [-0.3, -0.25) is 9.78 Å². The number of aromatic amines is 1. The predicted octanol–water partition coefficient (Wildman–Crippen LogP) is 1.94. The van der Waals surface area contributed by atoms with Gasteiger partial charge in [-0.1, -0.05) is 36.7 Å². The summed E-state index contributed by atoms with van der Waals surface area (Å²) in [5.74, 6) is -0.658. The van der Waals surface area contributed by atoms with Gasteiger partial charge in [0.25, 0.3) is 5.56 Å². The van der Waals surface area contributed by atoms with Crippen LogP contribution in [0.3, 0.4) is 0 Å². The van der Waals surface area contributed by atoms with Crippen LogP contribution in [-0.4, -0.2) is 14.8 Å². The fourth-order valence-electron chi connectivity index (χ4n) is 2.17. The maximum atomic E-state index is 12.4. The first-order valence-electron chi connectivity index (χ1n) is 6.46. The van der Waals surface area contributed by atoms with E-state index in [1.165, 1.54) is 4.68 Å². The van der Waals surface area contributed by atoms with Crippen molar-refractivity contribution < 1.29 is 4.42 Å². The van der Waals surface area contributed by atoms with Gasteiger partial charge in [-0.2, -0.15) is 5.10 Å². The minimum atomic E-state index is -0.658. The van der Waals surface area contributed by atoms with E-state index < -0.39 is 11.3 Å². The second kappa shape index (κ2) is 5.21. The molecule has 0 amide bonds. The molecule has 3 aromatic rings. The molecule has 0 saturated heterocycles. The maximum Gasteiger partial charge on any atom is 0.417 e. The van der Waals surface area contributed by atoms with E-state index in [0.29, 0.717) is 17.1 Å². The molecule has 21 heavy (non-hydrogen) atoms. The highest BCUT2D eigenvalue weighted by Crippen LogP contribution is 2.16. The van der Waals surface area contributed by atoms with E-state index >= 15 is 0 Å². The van der Waals surface area contributed by atoms with Crippen molar-refractivity contribution in [1.29, 1.82) is 0 Å². The fourth-order valence-corrected chi connectivity index (χ4v) is 2.37. The number of H-pyrrole nitrogens is 1. The van der Waals surface area contributed by atoms with Gasteiger partial charge in [0.15, 0.2) is 11.1 Å². The molecule has 0 aliphatic heterocycles. The van der Waals surface area contributed by atoms with E-state index in [4.69, 9.17) is 16.0 Å². The highest BCUT2D eigenvalue weighted by molar-refractivity contribution is 6.31. The molecule has 0 bridgehead atoms. The third kappa shape index (κ3) is 2.38. The number of oxazole rings is 1. The summed E-state index contributed by atoms with van der Waals surface area (Å²) in [4.78, 5) is 26.1. The van der Waals surface area contributed by atoms with Crippen LogP contribution in [0.1, 0.15) is 18.2 Å². The average molecular weight is 306 g/mol. The Kier molecular flexibility index (Phi) is 3.39. The van der Waals surface area contributed by atoms with Gasteiger partial charge >= 0.3 is 5.76 Å². The first-order chi connectivity index (χ1) is 10.1. The van der Waals surface area contributed by atoms with Gasteiger partial charge in [0.2, 0.25) is 0 Å². The van der Waals surface area contributed by atoms with Crippen molar-refractivity contribution in [3.8, 4) is 0 Å². The van der Waals surface area contributed by atoms with Crippen molar-refractivity contribution in [3.63, 3.8) is 0 Å². The smallest absolute Gasteiger partial charge is 0.406 e. The molecule has 108 valence electrons. The van der Waals surface area contributed by atoms with Crippen molar-refractivity contribution >= 4 is 22.7 Å². The number of benzene rings is 1. The summed E-state index contributed by atoms with van der Waals surface area (Å²) in [6.07, 6.45) is 0.542. The number of nitrogens with zero attached hydrogens (tertiary/aromatic N) is 2. The minimum Gasteiger partial charge on any atom is -0.406 e. The molecule has 0 aliphatic rings. The average Bonchev–Trinajstić information content (AvgIpc) is 2.86. The van der Waals surface area contributed by atoms with Crippen LogP contribution in [0.5, 0.6) is 0 Å². The standard InChI is InChI=1S/C14H12ClN3O3/c1-2-10-12-11(16-14(20)21-12)13(19)18(17-10)7-8-5-3-4-6-9(8)15/h3-6H,2,7H2,1H3,(H,16,20). The first-order valence-corrected chi connectivity index (χ1v) is 6.84. The monoisotopic (exact) mass is 305 g/mol. The summed E-state index contributed by atoms with van der Waals surface area (Å²) in [6.45, 7) is 2.10. The molecule has 0 aliphatic carbocycles. The Balaban J connectivity index is 2.19. The summed E-state index contributed by atoms with van der Waals surface area (Å²) >= 11 is 6.10. The second-order valence-corrected chi connectivity index (χ2v) is 4.98. The number of hydrogen-bond acceptors (Lipinski definition) is 4. The van der Waals surface area contributed by atoms with Crippen LogP contribution in [0.25, 0.3) is 11.1 Å². The molecule has 3 rings (SSSR count). The fraction of sp³-hybridized carbons (Fsp3) is 0.214. The number of halogens is 1. The van der Waals surface area contributed by atoms with Crippen molar-refractivity contribution in [3.05, 3.63) is 61.4 Å². The number of hydrogen-bond donors (Lipinski definition) is 1. The van der Waals surface area contributed by atoms with Crippen LogP contribution in [0, 0.1) is 0 Å². The SMILES string of the molecule is CCc1nn(Cc2ccccc2Cl)c(=O)c2[nH]c(=O)oc12. The van der Waals surface area contributed by atoms with E-state index in [9.17, 15) is 9.59 Å². The topological polar surface area (TPSA) is 80.9 Å². The Morgan fingerprint density at radius 3 is 2.81 bits per heavy atom. The molecule has 6 nitrogen and oxygen atoms in total. The number of nitrogens with one attached hydrogen (secondary N) is 1. The summed E-state index contributed by atoms with van der Waals surface area (Å²) < 4.78 is 6.27. The van der Waals surface area contributed by atoms with Crippen LogP contribution in [0.2, 0.25) is 5.02 Å². The normalized spacial score (nSPS) is 11.1. The number of aromatic nitrogens is 3. The Morgan fingerprint density at radius 1 is 1.33 bits per heavy atom. The van der Waals surface area contributed by atoms with Gasteiger partial charge in [0, 0.05) is 5.02 Å². The predicted molar refractivity (Wildman–Crippen MR) is 78.8 cm³/mol. The van der Waals surface area contributed by atoms with Crippen LogP contribution in [0.4, 0.5) is 0 Å². The molecular weight excluding hydrogens is 294 g/mol. The molecule has 1 N–H and O–H groups in total. The van der Waals surface area contributed by atoms with Gasteiger partial charge < -0.3 is 4.42 Å². The molecule has 7 heteroatoms. The lowest BCUT2D eigenvalue weighted by Crippen LogP contribution is -2.25. The summed E-state index contributed by atoms with van der Waals surface area (Å²) in [6, 6.07) is 7.23. The molecule has 0 atom stereocenters. The van der Waals surface area contributed by atoms with E-state index in [-0.39, 0.29) is 17.6 Å². The third-order valence-electron chi connectivity index (χ3n) is 3.21. The first kappa shape index (κ1) is 13.6. The zero-order valence-electron chi connectivity index (χ0n) is 11.2. The lowest BCUT2D eigenvalue weighted by molar-refractivity contribution is 0.543. The Bertz CT molecular complexity index is 923. The van der Waals surface area contributed by atoms with E-state index in [2.05, 4.69) is 10.1 Å². The quantitative estimate of drug-likeness (QED) is 0.802. The zero-order valence-corrected chi connectivity index (χ0v) is 12.0. The molecule has 2 aromatic heterocycles. The molecule has 0 saturated carbocycles. The lowest BCUT2D eigenvalue weighted by Gasteiger charge is -2.08. The summed E-state index contributed by atoms with van der Waals surface area (Å²) in [5, 5.41) is 4.82. The Morgan fingerprint density at radius 2 is 2.10 bits per heavy atom. The lowest BCUT2D eigenvalue weighted by atomic mass is 10.2. The highest BCUT2D eigenvalue weighted by Gasteiger charge is 2.15. The van der Waals surface area contributed by atoms with Gasteiger partial charge in [-0.25, -0.2) is 9.48 Å². The molecule has 0 unspecified atom stereocenters. The van der Waals surface area contributed by atoms with Gasteiger partial charge in [0.05, 0.1) is 6.54 Å². The van der Waals surface area contributed by atoms with Crippen molar-refractivity contribution in [1.82, 2.24) is 14.8 Å². The number of rotatable bonds is 3. The van der Waals surface area contributed by atoms with Crippen molar-refractivity contribution in [2.75, 3.05) is 0 Å². The van der Waals surface area contributed by atoms with Gasteiger partial charge in [-0.15, -0.1) is 0 Å². The van der Waals surface area contributed by atoms with Crippen molar-refractivity contribution in [2.45, 2.75) is 19.9 Å². The molecule has 0 fully saturated rings. The molecular formula is C14H12ClN3O3. The Labute approximate surface area is 124 Å². The number of fused-ring (bicyclic) bond motifs is 1. The molecule has 1 aromatic carbocycles. The van der Waals surface area contributed by atoms with E-state index in [1.54, 1.807) is 6.07 Å². The molecule has 0 spiro atoms. The van der Waals surface area contributed by atoms with Crippen LogP contribution in [-0.2, 0) is 13.0 Å². The zero-order chi connectivity index (χ0) is 15.0. The van der Waals surface area contributed by atoms with E-state index in [1.807, 2.05) is 25.1 Å².